The van der Waals surface area contributed by atoms with E-state index in [1.165, 1.54) is 17.3 Å². The van der Waals surface area contributed by atoms with Crippen molar-refractivity contribution in [2.75, 3.05) is 48.4 Å². The van der Waals surface area contributed by atoms with Crippen LogP contribution in [0.4, 0.5) is 11.6 Å². The van der Waals surface area contributed by atoms with E-state index in [1.54, 1.807) is 0 Å². The normalized spacial score (nSPS) is 13.9. The van der Waals surface area contributed by atoms with Gasteiger partial charge < -0.3 is 14.5 Å². The molecule has 0 N–H and O–H groups in total. The van der Waals surface area contributed by atoms with Gasteiger partial charge in [0.15, 0.2) is 5.16 Å². The van der Waals surface area contributed by atoms with Crippen molar-refractivity contribution in [1.29, 1.82) is 0 Å². The molecule has 4 rings (SSSR count). The Hall–Kier alpha value is -2.84. The number of hydrogen-bond acceptors (Lipinski definition) is 6. The van der Waals surface area contributed by atoms with Gasteiger partial charge in [-0.1, -0.05) is 60.3 Å². The van der Waals surface area contributed by atoms with Gasteiger partial charge in [-0.2, -0.15) is 0 Å². The number of amides is 1. The van der Waals surface area contributed by atoms with Crippen LogP contribution in [-0.4, -0.2) is 59.3 Å². The largest absolute Gasteiger partial charge is 0.378 e. The first-order valence-corrected chi connectivity index (χ1v) is 11.9. The van der Waals surface area contributed by atoms with Crippen molar-refractivity contribution in [3.05, 3.63) is 65.7 Å². The third kappa shape index (κ3) is 5.14. The summed E-state index contributed by atoms with van der Waals surface area (Å²) in [4.78, 5) is 17.1. The van der Waals surface area contributed by atoms with Gasteiger partial charge in [0, 0.05) is 25.3 Å². The molecule has 0 aliphatic carbocycles. The Labute approximate surface area is 193 Å². The summed E-state index contributed by atoms with van der Waals surface area (Å²) in [6.45, 7) is 8.25. The molecule has 0 spiro atoms. The molecular formula is C24H29N5O2S. The third-order valence-corrected chi connectivity index (χ3v) is 6.47. The van der Waals surface area contributed by atoms with Gasteiger partial charge in [0.25, 0.3) is 0 Å². The number of carbonyl (C=O) groups excluding carboxylic acids is 1. The quantitative estimate of drug-likeness (QED) is 0.488. The maximum Gasteiger partial charge on any atom is 0.237 e. The number of ether oxygens (including phenoxy) is 1. The molecule has 1 aromatic heterocycles. The summed E-state index contributed by atoms with van der Waals surface area (Å²) >= 11 is 1.44. The second-order valence-electron chi connectivity index (χ2n) is 7.67. The molecule has 0 bridgehead atoms. The van der Waals surface area contributed by atoms with Crippen LogP contribution in [0.2, 0.25) is 0 Å². The SMILES string of the molecule is CCN(C(=O)CSc1nnc(N2CCOCC2)n1Cc1ccccc1)c1ccccc1C. The molecule has 2 aromatic carbocycles. The fourth-order valence-electron chi connectivity index (χ4n) is 3.84. The maximum absolute atomic E-state index is 13.1. The van der Waals surface area contributed by atoms with Crippen LogP contribution in [-0.2, 0) is 16.1 Å². The maximum atomic E-state index is 13.1. The van der Waals surface area contributed by atoms with E-state index in [1.807, 2.05) is 61.2 Å². The van der Waals surface area contributed by atoms with Crippen molar-refractivity contribution in [2.24, 2.45) is 0 Å². The standard InChI is InChI=1S/C24H29N5O2S/c1-3-28(21-12-8-7-9-19(21)2)22(30)18-32-24-26-25-23(27-13-15-31-16-14-27)29(24)17-20-10-5-4-6-11-20/h4-12H,3,13-18H2,1-2H3. The van der Waals surface area contributed by atoms with Crippen molar-refractivity contribution < 1.29 is 9.53 Å². The second kappa shape index (κ2) is 10.7. The van der Waals surface area contributed by atoms with E-state index in [-0.39, 0.29) is 5.91 Å². The minimum atomic E-state index is 0.0639. The molecule has 2 heterocycles. The van der Waals surface area contributed by atoms with E-state index in [0.717, 1.165) is 35.4 Å². The molecule has 0 atom stereocenters. The number of morpholine rings is 1. The van der Waals surface area contributed by atoms with Crippen molar-refractivity contribution in [3.8, 4) is 0 Å². The first-order valence-electron chi connectivity index (χ1n) is 11.0. The number of thioether (sulfide) groups is 1. The minimum absolute atomic E-state index is 0.0639. The van der Waals surface area contributed by atoms with Gasteiger partial charge in [-0.05, 0) is 31.0 Å². The molecule has 0 saturated carbocycles. The lowest BCUT2D eigenvalue weighted by molar-refractivity contribution is -0.116. The van der Waals surface area contributed by atoms with Crippen molar-refractivity contribution >= 4 is 29.3 Å². The summed E-state index contributed by atoms with van der Waals surface area (Å²) in [7, 11) is 0. The Morgan fingerprint density at radius 1 is 1.06 bits per heavy atom. The molecule has 0 unspecified atom stereocenters. The van der Waals surface area contributed by atoms with Gasteiger partial charge in [-0.3, -0.25) is 9.36 Å². The topological polar surface area (TPSA) is 63.5 Å². The number of hydrogen-bond donors (Lipinski definition) is 0. The summed E-state index contributed by atoms with van der Waals surface area (Å²) in [5.41, 5.74) is 3.22. The molecule has 1 aliphatic heterocycles. The number of nitrogens with zero attached hydrogens (tertiary/aromatic N) is 5. The van der Waals surface area contributed by atoms with Crippen LogP contribution >= 0.6 is 11.8 Å². The predicted molar refractivity (Wildman–Crippen MR) is 129 cm³/mol. The molecule has 168 valence electrons. The monoisotopic (exact) mass is 451 g/mol. The number of para-hydroxylation sites is 1. The van der Waals surface area contributed by atoms with Gasteiger partial charge in [-0.25, -0.2) is 0 Å². The smallest absolute Gasteiger partial charge is 0.237 e. The van der Waals surface area contributed by atoms with Crippen LogP contribution < -0.4 is 9.80 Å². The summed E-state index contributed by atoms with van der Waals surface area (Å²) < 4.78 is 7.61. The van der Waals surface area contributed by atoms with E-state index in [2.05, 4.69) is 31.8 Å². The summed E-state index contributed by atoms with van der Waals surface area (Å²) in [6.07, 6.45) is 0. The van der Waals surface area contributed by atoms with Crippen LogP contribution in [0.25, 0.3) is 0 Å². The molecule has 1 amide bonds. The zero-order valence-electron chi connectivity index (χ0n) is 18.6. The number of carbonyl (C=O) groups is 1. The van der Waals surface area contributed by atoms with Gasteiger partial charge >= 0.3 is 0 Å². The van der Waals surface area contributed by atoms with E-state index < -0.39 is 0 Å². The highest BCUT2D eigenvalue weighted by Crippen LogP contribution is 2.26. The zero-order valence-corrected chi connectivity index (χ0v) is 19.4. The lowest BCUT2D eigenvalue weighted by atomic mass is 10.2. The average Bonchev–Trinajstić information content (AvgIpc) is 3.23. The molecule has 1 aliphatic rings. The molecule has 32 heavy (non-hydrogen) atoms. The fraction of sp³-hybridized carbons (Fsp3) is 0.375. The predicted octanol–water partition coefficient (Wildman–Crippen LogP) is 3.62. The molecule has 1 fully saturated rings. The lowest BCUT2D eigenvalue weighted by Crippen LogP contribution is -2.38. The summed E-state index contributed by atoms with van der Waals surface area (Å²) in [6, 6.07) is 18.3. The van der Waals surface area contributed by atoms with Crippen molar-refractivity contribution in [3.63, 3.8) is 0 Å². The Balaban J connectivity index is 1.54. The molecule has 7 nitrogen and oxygen atoms in total. The summed E-state index contributed by atoms with van der Waals surface area (Å²) in [5, 5.41) is 9.70. The molecular weight excluding hydrogens is 422 g/mol. The van der Waals surface area contributed by atoms with Crippen LogP contribution in [0.1, 0.15) is 18.1 Å². The van der Waals surface area contributed by atoms with E-state index in [0.29, 0.717) is 32.1 Å². The molecule has 0 radical (unpaired) electrons. The Bertz CT molecular complexity index is 1030. The van der Waals surface area contributed by atoms with Gasteiger partial charge in [-0.15, -0.1) is 10.2 Å². The van der Waals surface area contributed by atoms with Crippen LogP contribution in [0.5, 0.6) is 0 Å². The minimum Gasteiger partial charge on any atom is -0.378 e. The summed E-state index contributed by atoms with van der Waals surface area (Å²) in [5.74, 6) is 1.20. The Morgan fingerprint density at radius 2 is 1.78 bits per heavy atom. The average molecular weight is 452 g/mol. The van der Waals surface area contributed by atoms with E-state index >= 15 is 0 Å². The molecule has 8 heteroatoms. The van der Waals surface area contributed by atoms with Crippen molar-refractivity contribution in [2.45, 2.75) is 25.5 Å². The Morgan fingerprint density at radius 3 is 2.50 bits per heavy atom. The lowest BCUT2D eigenvalue weighted by Gasteiger charge is -2.28. The van der Waals surface area contributed by atoms with Crippen LogP contribution in [0, 0.1) is 6.92 Å². The molecule has 1 saturated heterocycles. The number of rotatable bonds is 8. The second-order valence-corrected chi connectivity index (χ2v) is 8.61. The zero-order chi connectivity index (χ0) is 22.3. The Kier molecular flexibility index (Phi) is 7.44. The highest BCUT2D eigenvalue weighted by molar-refractivity contribution is 7.99. The van der Waals surface area contributed by atoms with Crippen LogP contribution in [0.15, 0.2) is 59.8 Å². The third-order valence-electron chi connectivity index (χ3n) is 5.52. The number of aryl methyl sites for hydroxylation is 1. The number of benzene rings is 2. The first-order chi connectivity index (χ1) is 15.7. The number of aromatic nitrogens is 3. The first kappa shape index (κ1) is 22.4. The van der Waals surface area contributed by atoms with Crippen molar-refractivity contribution in [1.82, 2.24) is 14.8 Å². The van der Waals surface area contributed by atoms with Gasteiger partial charge in [0.1, 0.15) is 0 Å². The van der Waals surface area contributed by atoms with E-state index in [9.17, 15) is 4.79 Å². The highest BCUT2D eigenvalue weighted by atomic mass is 32.2. The highest BCUT2D eigenvalue weighted by Gasteiger charge is 2.23. The number of anilines is 2. The van der Waals surface area contributed by atoms with E-state index in [4.69, 9.17) is 4.74 Å². The van der Waals surface area contributed by atoms with Crippen LogP contribution in [0.3, 0.4) is 0 Å². The molecule has 3 aromatic rings. The van der Waals surface area contributed by atoms with Gasteiger partial charge in [0.05, 0.1) is 25.5 Å². The van der Waals surface area contributed by atoms with Gasteiger partial charge in [0.2, 0.25) is 11.9 Å². The fourth-order valence-corrected chi connectivity index (χ4v) is 4.65.